The van der Waals surface area contributed by atoms with Gasteiger partial charge in [0.25, 0.3) is 0 Å². The van der Waals surface area contributed by atoms with Gasteiger partial charge in [-0.3, -0.25) is 0 Å². The second kappa shape index (κ2) is 9.29. The van der Waals surface area contributed by atoms with E-state index < -0.39 is 17.2 Å². The lowest BCUT2D eigenvalue weighted by atomic mass is 9.69. The quantitative estimate of drug-likeness (QED) is 0.538. The fraction of sp³-hybridized carbons (Fsp3) is 0.615. The fourth-order valence-electron chi connectivity index (χ4n) is 6.85. The Hall–Kier alpha value is -2.62. The van der Waals surface area contributed by atoms with E-state index in [0.717, 1.165) is 63.3 Å². The fourth-order valence-corrected chi connectivity index (χ4v) is 7.00. The summed E-state index contributed by atoms with van der Waals surface area (Å²) in [5, 5.41) is 16.7. The number of aromatic nitrogens is 5. The molecule has 6 rings (SSSR count). The second-order valence-electron chi connectivity index (χ2n) is 11.2. The molecule has 11 heteroatoms. The van der Waals surface area contributed by atoms with Crippen LogP contribution in [0.5, 0.6) is 0 Å². The number of nitrogens with one attached hydrogen (secondary N) is 1. The topological polar surface area (TPSA) is 71.8 Å². The number of allylic oxidation sites excluding steroid dienone is 4. The van der Waals surface area contributed by atoms with Crippen molar-refractivity contribution >= 4 is 23.2 Å². The number of alkyl halides is 3. The van der Waals surface area contributed by atoms with Crippen molar-refractivity contribution < 1.29 is 13.2 Å². The van der Waals surface area contributed by atoms with Crippen LogP contribution in [0, 0.1) is 17.3 Å². The van der Waals surface area contributed by atoms with Crippen LogP contribution in [-0.4, -0.2) is 50.3 Å². The Morgan fingerprint density at radius 1 is 1.14 bits per heavy atom. The van der Waals surface area contributed by atoms with E-state index in [1.165, 1.54) is 12.2 Å². The molecule has 198 valence electrons. The first-order chi connectivity index (χ1) is 17.7. The van der Waals surface area contributed by atoms with E-state index in [4.69, 9.17) is 21.7 Å². The van der Waals surface area contributed by atoms with E-state index in [-0.39, 0.29) is 12.0 Å². The Morgan fingerprint density at radius 3 is 2.65 bits per heavy atom. The molecule has 7 nitrogen and oxygen atoms in total. The highest BCUT2D eigenvalue weighted by molar-refractivity contribution is 6.29. The van der Waals surface area contributed by atoms with Crippen LogP contribution in [0.15, 0.2) is 36.1 Å². The predicted octanol–water partition coefficient (Wildman–Crippen LogP) is 5.77. The largest absolute Gasteiger partial charge is 0.416 e. The van der Waals surface area contributed by atoms with Gasteiger partial charge in [-0.2, -0.15) is 23.3 Å². The van der Waals surface area contributed by atoms with E-state index in [2.05, 4.69) is 20.4 Å². The molecular formula is C26H31ClF3N7. The molecule has 37 heavy (non-hydrogen) atoms. The third-order valence-corrected chi connectivity index (χ3v) is 8.88. The maximum atomic E-state index is 13.5. The lowest BCUT2D eigenvalue weighted by Crippen LogP contribution is -2.48. The summed E-state index contributed by atoms with van der Waals surface area (Å²) in [5.74, 6) is 2.15. The molecule has 4 heterocycles. The zero-order valence-corrected chi connectivity index (χ0v) is 21.5. The van der Waals surface area contributed by atoms with E-state index in [9.17, 15) is 13.2 Å². The highest BCUT2D eigenvalue weighted by Crippen LogP contribution is 2.49. The molecule has 2 aliphatic heterocycles. The van der Waals surface area contributed by atoms with Crippen molar-refractivity contribution in [2.45, 2.75) is 70.1 Å². The van der Waals surface area contributed by atoms with Gasteiger partial charge in [0.2, 0.25) is 5.95 Å². The van der Waals surface area contributed by atoms with E-state index in [1.54, 1.807) is 12.3 Å². The van der Waals surface area contributed by atoms with Gasteiger partial charge in [0.1, 0.15) is 5.82 Å². The van der Waals surface area contributed by atoms with Crippen LogP contribution in [0.3, 0.4) is 0 Å². The monoisotopic (exact) mass is 533 g/mol. The van der Waals surface area contributed by atoms with Gasteiger partial charge in [0.15, 0.2) is 5.15 Å². The molecule has 1 saturated heterocycles. The van der Waals surface area contributed by atoms with Gasteiger partial charge >= 0.3 is 6.18 Å². The summed E-state index contributed by atoms with van der Waals surface area (Å²) in [7, 11) is 0. The second-order valence-corrected chi connectivity index (χ2v) is 11.6. The number of nitrogens with zero attached hydrogens (tertiary/aromatic N) is 6. The molecule has 0 amide bonds. The zero-order chi connectivity index (χ0) is 25.8. The van der Waals surface area contributed by atoms with Crippen molar-refractivity contribution in [3.63, 3.8) is 0 Å². The molecule has 5 atom stereocenters. The summed E-state index contributed by atoms with van der Waals surface area (Å²) in [6, 6.07) is 2.12. The van der Waals surface area contributed by atoms with E-state index in [1.807, 2.05) is 17.7 Å². The SMILES string of the molecule is CC1([C@H]2CCCCn3nc(NC4[C@@H]5CC[C@H]4CN(c4cnnc(Cl)c4)C5)nc32)C=C(C(F)(F)F)C=CC1. The molecule has 2 aliphatic carbocycles. The Labute approximate surface area is 219 Å². The summed E-state index contributed by atoms with van der Waals surface area (Å²) in [6.45, 7) is 4.45. The molecule has 0 aromatic carbocycles. The minimum absolute atomic E-state index is 0.122. The minimum Gasteiger partial charge on any atom is -0.369 e. The summed E-state index contributed by atoms with van der Waals surface area (Å²) in [5.41, 5.74) is -0.231. The zero-order valence-electron chi connectivity index (χ0n) is 20.8. The van der Waals surface area contributed by atoms with E-state index >= 15 is 0 Å². The number of halogens is 4. The summed E-state index contributed by atoms with van der Waals surface area (Å²) >= 11 is 6.06. The molecule has 1 saturated carbocycles. The average Bonchev–Trinajstić information content (AvgIpc) is 3.24. The highest BCUT2D eigenvalue weighted by Gasteiger charge is 2.45. The predicted molar refractivity (Wildman–Crippen MR) is 135 cm³/mol. The summed E-state index contributed by atoms with van der Waals surface area (Å²) in [4.78, 5) is 7.26. The number of hydrogen-bond donors (Lipinski definition) is 1. The standard InChI is InChI=1S/C26H31ClF3N7/c1-25(9-4-5-18(12-25)26(28,29)30)20-6-2-3-10-37-23(20)33-24(35-37)32-22-16-7-8-17(22)15-36(14-16)19-11-21(27)34-31-13-19/h4-5,11-13,16-17,20,22H,2-3,6-10,14-15H2,1H3,(H,32,35)/t16-,17+,20-,22?,25?/m0/s1. The Kier molecular flexibility index (Phi) is 6.20. The van der Waals surface area contributed by atoms with Gasteiger partial charge in [-0.05, 0) is 49.4 Å². The first-order valence-corrected chi connectivity index (χ1v) is 13.5. The molecule has 2 bridgehead atoms. The first-order valence-electron chi connectivity index (χ1n) is 13.1. The van der Waals surface area contributed by atoms with Gasteiger partial charge in [-0.25, -0.2) is 4.68 Å². The van der Waals surface area contributed by atoms with Crippen LogP contribution in [0.1, 0.15) is 57.2 Å². The van der Waals surface area contributed by atoms with Crippen molar-refractivity contribution in [3.05, 3.63) is 47.0 Å². The van der Waals surface area contributed by atoms with Gasteiger partial charge in [-0.15, -0.1) is 10.2 Å². The normalized spacial score (nSPS) is 31.6. The number of anilines is 2. The van der Waals surface area contributed by atoms with Crippen LogP contribution >= 0.6 is 11.6 Å². The van der Waals surface area contributed by atoms with Crippen LogP contribution in [-0.2, 0) is 6.54 Å². The highest BCUT2D eigenvalue weighted by atomic mass is 35.5. The van der Waals surface area contributed by atoms with Gasteiger partial charge in [0, 0.05) is 37.7 Å². The number of fused-ring (bicyclic) bond motifs is 3. The van der Waals surface area contributed by atoms with Crippen molar-refractivity contribution in [2.24, 2.45) is 17.3 Å². The van der Waals surface area contributed by atoms with Crippen LogP contribution in [0.4, 0.5) is 24.8 Å². The number of piperidine rings is 1. The molecular weight excluding hydrogens is 503 g/mol. The molecule has 4 aliphatic rings. The number of aryl methyl sites for hydroxylation is 1. The molecule has 1 N–H and O–H groups in total. The maximum absolute atomic E-state index is 13.5. The third kappa shape index (κ3) is 4.73. The molecule has 2 fully saturated rings. The van der Waals surface area contributed by atoms with E-state index in [0.29, 0.717) is 29.4 Å². The Balaban J connectivity index is 1.22. The molecule has 2 unspecified atom stereocenters. The van der Waals surface area contributed by atoms with Crippen LogP contribution < -0.4 is 10.2 Å². The number of hydrogen-bond acceptors (Lipinski definition) is 6. The maximum Gasteiger partial charge on any atom is 0.416 e. The number of rotatable bonds is 4. The Bertz CT molecular complexity index is 1210. The minimum atomic E-state index is -4.35. The lowest BCUT2D eigenvalue weighted by Gasteiger charge is -2.39. The molecule has 2 aromatic rings. The summed E-state index contributed by atoms with van der Waals surface area (Å²) < 4.78 is 42.6. The third-order valence-electron chi connectivity index (χ3n) is 8.69. The lowest BCUT2D eigenvalue weighted by molar-refractivity contribution is -0.0895. The van der Waals surface area contributed by atoms with Crippen molar-refractivity contribution in [1.29, 1.82) is 0 Å². The smallest absolute Gasteiger partial charge is 0.369 e. The van der Waals surface area contributed by atoms with Crippen LogP contribution in [0.25, 0.3) is 0 Å². The van der Waals surface area contributed by atoms with Crippen molar-refractivity contribution in [3.8, 4) is 0 Å². The summed E-state index contributed by atoms with van der Waals surface area (Å²) in [6.07, 6.45) is 7.18. The van der Waals surface area contributed by atoms with Crippen LogP contribution in [0.2, 0.25) is 5.15 Å². The van der Waals surface area contributed by atoms with Gasteiger partial charge < -0.3 is 10.2 Å². The first kappa shape index (κ1) is 24.7. The van der Waals surface area contributed by atoms with Crippen molar-refractivity contribution in [2.75, 3.05) is 23.3 Å². The molecule has 0 spiro atoms. The Morgan fingerprint density at radius 2 is 1.92 bits per heavy atom. The van der Waals surface area contributed by atoms with Crippen molar-refractivity contribution in [1.82, 2.24) is 25.0 Å². The molecule has 2 aromatic heterocycles. The average molecular weight is 534 g/mol. The van der Waals surface area contributed by atoms with Gasteiger partial charge in [-0.1, -0.05) is 43.2 Å². The van der Waals surface area contributed by atoms with Gasteiger partial charge in [0.05, 0.1) is 17.5 Å². The molecule has 0 radical (unpaired) electrons.